The van der Waals surface area contributed by atoms with Gasteiger partial charge in [0.15, 0.2) is 11.5 Å². The molecular weight excluding hydrogens is 232 g/mol. The highest BCUT2D eigenvalue weighted by Crippen LogP contribution is 2.31. The highest BCUT2D eigenvalue weighted by molar-refractivity contribution is 5.70. The molecular formula is C14H20O4. The van der Waals surface area contributed by atoms with Crippen LogP contribution in [0.15, 0.2) is 18.2 Å². The second-order valence-electron chi connectivity index (χ2n) is 4.02. The van der Waals surface area contributed by atoms with Crippen molar-refractivity contribution in [2.45, 2.75) is 26.2 Å². The zero-order valence-electron chi connectivity index (χ0n) is 11.4. The fourth-order valence-corrected chi connectivity index (χ4v) is 1.75. The Morgan fingerprint density at radius 1 is 1.22 bits per heavy atom. The van der Waals surface area contributed by atoms with Gasteiger partial charge in [-0.1, -0.05) is 13.0 Å². The molecule has 1 unspecified atom stereocenters. The smallest absolute Gasteiger partial charge is 0.306 e. The van der Waals surface area contributed by atoms with E-state index in [1.54, 1.807) is 21.1 Å². The van der Waals surface area contributed by atoms with Crippen LogP contribution in [0.2, 0.25) is 0 Å². The van der Waals surface area contributed by atoms with Gasteiger partial charge in [-0.3, -0.25) is 4.79 Å². The third kappa shape index (κ3) is 3.65. The highest BCUT2D eigenvalue weighted by atomic mass is 16.5. The summed E-state index contributed by atoms with van der Waals surface area (Å²) >= 11 is 0. The Labute approximate surface area is 108 Å². The van der Waals surface area contributed by atoms with Crippen molar-refractivity contribution >= 4 is 5.97 Å². The van der Waals surface area contributed by atoms with E-state index in [-0.39, 0.29) is 11.9 Å². The third-order valence-corrected chi connectivity index (χ3v) is 2.75. The highest BCUT2D eigenvalue weighted by Gasteiger charge is 2.14. The summed E-state index contributed by atoms with van der Waals surface area (Å²) in [5.74, 6) is 1.26. The molecule has 0 aromatic heterocycles. The molecule has 0 saturated heterocycles. The number of ether oxygens (including phenoxy) is 3. The minimum absolute atomic E-state index is 0.0869. The number of esters is 1. The maximum atomic E-state index is 11.4. The molecule has 0 saturated carbocycles. The van der Waals surface area contributed by atoms with E-state index < -0.39 is 0 Å². The van der Waals surface area contributed by atoms with Gasteiger partial charge < -0.3 is 14.2 Å². The van der Waals surface area contributed by atoms with Gasteiger partial charge in [0.25, 0.3) is 0 Å². The summed E-state index contributed by atoms with van der Waals surface area (Å²) in [6, 6.07) is 5.67. The third-order valence-electron chi connectivity index (χ3n) is 2.75. The predicted molar refractivity (Wildman–Crippen MR) is 69.2 cm³/mol. The van der Waals surface area contributed by atoms with E-state index in [4.69, 9.17) is 14.2 Å². The Kier molecular flexibility index (Phi) is 5.49. The van der Waals surface area contributed by atoms with Crippen LogP contribution in [-0.4, -0.2) is 26.8 Å². The molecule has 0 amide bonds. The lowest BCUT2D eigenvalue weighted by atomic mass is 9.97. The van der Waals surface area contributed by atoms with Crippen molar-refractivity contribution in [3.63, 3.8) is 0 Å². The first-order valence-corrected chi connectivity index (χ1v) is 5.99. The average Bonchev–Trinajstić information content (AvgIpc) is 2.38. The summed E-state index contributed by atoms with van der Waals surface area (Å²) in [5, 5.41) is 0. The first-order valence-electron chi connectivity index (χ1n) is 5.99. The fraction of sp³-hybridized carbons (Fsp3) is 0.500. The predicted octanol–water partition coefficient (Wildman–Crippen LogP) is 2.76. The lowest BCUT2D eigenvalue weighted by molar-refractivity contribution is -0.143. The molecule has 0 bridgehead atoms. The molecule has 0 aliphatic rings. The van der Waals surface area contributed by atoms with E-state index in [0.29, 0.717) is 24.5 Å². The van der Waals surface area contributed by atoms with Gasteiger partial charge in [0.05, 0.1) is 27.2 Å². The molecule has 1 aromatic carbocycles. The van der Waals surface area contributed by atoms with Gasteiger partial charge in [0.2, 0.25) is 0 Å². The van der Waals surface area contributed by atoms with Crippen LogP contribution in [-0.2, 0) is 9.53 Å². The van der Waals surface area contributed by atoms with Crippen molar-refractivity contribution in [1.82, 2.24) is 0 Å². The van der Waals surface area contributed by atoms with Crippen molar-refractivity contribution in [3.05, 3.63) is 23.8 Å². The SMILES string of the molecule is CCOC(=O)CC(C)c1ccc(OC)c(OC)c1. The molecule has 18 heavy (non-hydrogen) atoms. The van der Waals surface area contributed by atoms with Gasteiger partial charge in [0, 0.05) is 0 Å². The van der Waals surface area contributed by atoms with Crippen LogP contribution >= 0.6 is 0 Å². The van der Waals surface area contributed by atoms with Gasteiger partial charge in [-0.25, -0.2) is 0 Å². The molecule has 100 valence electrons. The summed E-state index contributed by atoms with van der Waals surface area (Å²) in [6.07, 6.45) is 0.364. The second-order valence-corrected chi connectivity index (χ2v) is 4.02. The molecule has 0 aliphatic carbocycles. The summed E-state index contributed by atoms with van der Waals surface area (Å²) < 4.78 is 15.4. The minimum Gasteiger partial charge on any atom is -0.493 e. The Hall–Kier alpha value is -1.71. The lowest BCUT2D eigenvalue weighted by Crippen LogP contribution is -2.08. The van der Waals surface area contributed by atoms with Gasteiger partial charge in [-0.2, -0.15) is 0 Å². The van der Waals surface area contributed by atoms with Crippen LogP contribution in [0.25, 0.3) is 0 Å². The maximum Gasteiger partial charge on any atom is 0.306 e. The quantitative estimate of drug-likeness (QED) is 0.730. The Balaban J connectivity index is 2.79. The van der Waals surface area contributed by atoms with E-state index in [0.717, 1.165) is 5.56 Å². The Morgan fingerprint density at radius 2 is 1.89 bits per heavy atom. The van der Waals surface area contributed by atoms with Crippen molar-refractivity contribution in [1.29, 1.82) is 0 Å². The molecule has 0 aliphatic heterocycles. The van der Waals surface area contributed by atoms with Crippen molar-refractivity contribution in [2.24, 2.45) is 0 Å². The van der Waals surface area contributed by atoms with Gasteiger partial charge in [0.1, 0.15) is 0 Å². The van der Waals surface area contributed by atoms with Crippen molar-refractivity contribution < 1.29 is 19.0 Å². The molecule has 1 atom stereocenters. The van der Waals surface area contributed by atoms with Gasteiger partial charge in [-0.05, 0) is 30.5 Å². The molecule has 4 nitrogen and oxygen atoms in total. The standard InChI is InChI=1S/C14H20O4/c1-5-18-14(15)8-10(2)11-6-7-12(16-3)13(9-11)17-4/h6-7,9-10H,5,8H2,1-4H3. The Bertz CT molecular complexity index is 401. The maximum absolute atomic E-state index is 11.4. The number of hydrogen-bond donors (Lipinski definition) is 0. The molecule has 4 heteroatoms. The fourth-order valence-electron chi connectivity index (χ4n) is 1.75. The summed E-state index contributed by atoms with van der Waals surface area (Å²) in [6.45, 7) is 4.20. The molecule has 0 heterocycles. The number of methoxy groups -OCH3 is 2. The van der Waals surface area contributed by atoms with Crippen molar-refractivity contribution in [2.75, 3.05) is 20.8 Å². The monoisotopic (exact) mass is 252 g/mol. The van der Waals surface area contributed by atoms with Gasteiger partial charge in [-0.15, -0.1) is 0 Å². The first-order chi connectivity index (χ1) is 8.62. The van der Waals surface area contributed by atoms with Crippen LogP contribution in [0.1, 0.15) is 31.7 Å². The second kappa shape index (κ2) is 6.89. The number of carbonyl (C=O) groups is 1. The summed E-state index contributed by atoms with van der Waals surface area (Å²) in [7, 11) is 3.19. The molecule has 1 aromatic rings. The molecule has 0 spiro atoms. The Morgan fingerprint density at radius 3 is 2.44 bits per heavy atom. The summed E-state index contributed by atoms with van der Waals surface area (Å²) in [5.41, 5.74) is 1.03. The number of hydrogen-bond acceptors (Lipinski definition) is 4. The van der Waals surface area contributed by atoms with Crippen LogP contribution in [0.3, 0.4) is 0 Å². The molecule has 1 rings (SSSR count). The number of rotatable bonds is 6. The average molecular weight is 252 g/mol. The topological polar surface area (TPSA) is 44.8 Å². The first kappa shape index (κ1) is 14.4. The number of carbonyl (C=O) groups excluding carboxylic acids is 1. The van der Waals surface area contributed by atoms with E-state index in [1.807, 2.05) is 25.1 Å². The van der Waals surface area contributed by atoms with Crippen LogP contribution < -0.4 is 9.47 Å². The van der Waals surface area contributed by atoms with E-state index in [9.17, 15) is 4.79 Å². The molecule has 0 radical (unpaired) electrons. The zero-order chi connectivity index (χ0) is 13.5. The van der Waals surface area contributed by atoms with Gasteiger partial charge >= 0.3 is 5.97 Å². The molecule has 0 fully saturated rings. The van der Waals surface area contributed by atoms with E-state index >= 15 is 0 Å². The van der Waals surface area contributed by atoms with Crippen LogP contribution in [0.5, 0.6) is 11.5 Å². The lowest BCUT2D eigenvalue weighted by Gasteiger charge is -2.14. The van der Waals surface area contributed by atoms with E-state index in [1.165, 1.54) is 0 Å². The van der Waals surface area contributed by atoms with Crippen LogP contribution in [0.4, 0.5) is 0 Å². The number of benzene rings is 1. The zero-order valence-corrected chi connectivity index (χ0v) is 11.4. The molecule has 0 N–H and O–H groups in total. The van der Waals surface area contributed by atoms with E-state index in [2.05, 4.69) is 0 Å². The van der Waals surface area contributed by atoms with Crippen molar-refractivity contribution in [3.8, 4) is 11.5 Å². The minimum atomic E-state index is -0.181. The largest absolute Gasteiger partial charge is 0.493 e. The summed E-state index contributed by atoms with van der Waals surface area (Å²) in [4.78, 5) is 11.4. The van der Waals surface area contributed by atoms with Crippen LogP contribution in [0, 0.1) is 0 Å². The normalized spacial score (nSPS) is 11.8.